The maximum atomic E-state index is 13.2. The van der Waals surface area contributed by atoms with Gasteiger partial charge in [-0.25, -0.2) is 12.8 Å². The highest BCUT2D eigenvalue weighted by Gasteiger charge is 2.42. The van der Waals surface area contributed by atoms with E-state index in [1.54, 1.807) is 24.3 Å². The molecule has 2 unspecified atom stereocenters. The summed E-state index contributed by atoms with van der Waals surface area (Å²) in [6.07, 6.45) is 2.01. The van der Waals surface area contributed by atoms with Gasteiger partial charge in [-0.05, 0) is 54.7 Å². The van der Waals surface area contributed by atoms with Crippen molar-refractivity contribution in [3.05, 3.63) is 65.5 Å². The number of nitrogens with zero attached hydrogens (tertiary/aromatic N) is 1. The van der Waals surface area contributed by atoms with Crippen molar-refractivity contribution in [1.82, 2.24) is 4.31 Å². The fourth-order valence-electron chi connectivity index (χ4n) is 3.41. The van der Waals surface area contributed by atoms with Crippen molar-refractivity contribution >= 4 is 10.0 Å². The predicted molar refractivity (Wildman–Crippen MR) is 94.1 cm³/mol. The van der Waals surface area contributed by atoms with Gasteiger partial charge in [-0.15, -0.1) is 0 Å². The van der Waals surface area contributed by atoms with E-state index in [9.17, 15) is 17.9 Å². The van der Waals surface area contributed by atoms with Gasteiger partial charge in [0.1, 0.15) is 5.82 Å². The lowest BCUT2D eigenvalue weighted by Gasteiger charge is -2.29. The lowest BCUT2D eigenvalue weighted by Crippen LogP contribution is -2.39. The first-order chi connectivity index (χ1) is 12.0. The fraction of sp³-hybridized carbons (Fsp3) is 0.368. The zero-order valence-electron chi connectivity index (χ0n) is 14.1. The molecule has 1 saturated heterocycles. The molecule has 0 aliphatic carbocycles. The van der Waals surface area contributed by atoms with Crippen molar-refractivity contribution in [2.24, 2.45) is 0 Å². The largest absolute Gasteiger partial charge is 0.395 e. The molecule has 0 aromatic heterocycles. The molecule has 1 heterocycles. The van der Waals surface area contributed by atoms with Gasteiger partial charge in [0.15, 0.2) is 0 Å². The number of halogens is 1. The summed E-state index contributed by atoms with van der Waals surface area (Å²) >= 11 is 0. The molecular formula is C19H22FNO3S. The second-order valence-electron chi connectivity index (χ2n) is 6.31. The second-order valence-corrected chi connectivity index (χ2v) is 8.16. The Morgan fingerprint density at radius 1 is 1.08 bits per heavy atom. The number of aliphatic hydroxyl groups is 1. The number of hydrogen-bond donors (Lipinski definition) is 1. The van der Waals surface area contributed by atoms with Crippen LogP contribution in [-0.2, 0) is 16.4 Å². The van der Waals surface area contributed by atoms with Crippen molar-refractivity contribution in [3.8, 4) is 0 Å². The van der Waals surface area contributed by atoms with E-state index in [0.717, 1.165) is 17.5 Å². The molecule has 2 aromatic carbocycles. The molecule has 2 aromatic rings. The van der Waals surface area contributed by atoms with Crippen LogP contribution in [0.1, 0.15) is 36.9 Å². The van der Waals surface area contributed by atoms with E-state index < -0.39 is 22.1 Å². The SMILES string of the molecule is CCc1ccc(S(=O)(=O)N2C(CO)CCC2c2ccc(F)cc2)cc1. The maximum absolute atomic E-state index is 13.2. The molecule has 0 radical (unpaired) electrons. The summed E-state index contributed by atoms with van der Waals surface area (Å²) < 4.78 is 41.0. The highest BCUT2D eigenvalue weighted by atomic mass is 32.2. The van der Waals surface area contributed by atoms with Gasteiger partial charge in [0.05, 0.1) is 17.5 Å². The van der Waals surface area contributed by atoms with Crippen LogP contribution < -0.4 is 0 Å². The van der Waals surface area contributed by atoms with E-state index in [4.69, 9.17) is 0 Å². The topological polar surface area (TPSA) is 57.6 Å². The van der Waals surface area contributed by atoms with Crippen molar-refractivity contribution in [2.45, 2.75) is 43.2 Å². The van der Waals surface area contributed by atoms with Crippen LogP contribution in [0.2, 0.25) is 0 Å². The third-order valence-electron chi connectivity index (χ3n) is 4.81. The number of rotatable bonds is 5. The number of aliphatic hydroxyl groups excluding tert-OH is 1. The number of benzene rings is 2. The Hall–Kier alpha value is -1.76. The minimum Gasteiger partial charge on any atom is -0.395 e. The van der Waals surface area contributed by atoms with Gasteiger partial charge in [-0.1, -0.05) is 31.2 Å². The molecule has 1 aliphatic rings. The Morgan fingerprint density at radius 2 is 1.72 bits per heavy atom. The van der Waals surface area contributed by atoms with E-state index in [1.807, 2.05) is 19.1 Å². The molecular weight excluding hydrogens is 341 g/mol. The lowest BCUT2D eigenvalue weighted by molar-refractivity contribution is 0.197. The summed E-state index contributed by atoms with van der Waals surface area (Å²) in [5.74, 6) is -0.356. The van der Waals surface area contributed by atoms with Gasteiger partial charge in [0.2, 0.25) is 10.0 Å². The van der Waals surface area contributed by atoms with Gasteiger partial charge in [0.25, 0.3) is 0 Å². The Labute approximate surface area is 148 Å². The summed E-state index contributed by atoms with van der Waals surface area (Å²) in [5, 5.41) is 9.67. The Balaban J connectivity index is 2.00. The molecule has 3 rings (SSSR count). The Morgan fingerprint density at radius 3 is 2.28 bits per heavy atom. The smallest absolute Gasteiger partial charge is 0.243 e. The van der Waals surface area contributed by atoms with Gasteiger partial charge >= 0.3 is 0 Å². The molecule has 0 spiro atoms. The van der Waals surface area contributed by atoms with Gasteiger partial charge in [-0.2, -0.15) is 4.31 Å². The van der Waals surface area contributed by atoms with E-state index in [2.05, 4.69) is 0 Å². The first kappa shape index (κ1) is 18.0. The Bertz CT molecular complexity index is 819. The summed E-state index contributed by atoms with van der Waals surface area (Å²) in [5.41, 5.74) is 1.81. The first-order valence-corrected chi connectivity index (χ1v) is 9.90. The van der Waals surface area contributed by atoms with Crippen LogP contribution in [0.25, 0.3) is 0 Å². The van der Waals surface area contributed by atoms with Gasteiger partial charge in [0, 0.05) is 6.04 Å². The minimum absolute atomic E-state index is 0.220. The highest BCUT2D eigenvalue weighted by Crippen LogP contribution is 2.40. The van der Waals surface area contributed by atoms with Gasteiger partial charge < -0.3 is 5.11 Å². The summed E-state index contributed by atoms with van der Waals surface area (Å²) in [6, 6.07) is 11.9. The molecule has 0 amide bonds. The molecule has 6 heteroatoms. The molecule has 134 valence electrons. The minimum atomic E-state index is -3.75. The number of hydrogen-bond acceptors (Lipinski definition) is 3. The molecule has 2 atom stereocenters. The number of sulfonamides is 1. The standard InChI is InChI=1S/C19H22FNO3S/c1-2-14-3-10-18(11-4-14)25(23,24)21-17(13-22)9-12-19(21)15-5-7-16(20)8-6-15/h3-8,10-11,17,19,22H,2,9,12-13H2,1H3. The van der Waals surface area contributed by atoms with Crippen LogP contribution in [0.15, 0.2) is 53.4 Å². The first-order valence-electron chi connectivity index (χ1n) is 8.46. The van der Waals surface area contributed by atoms with E-state index in [0.29, 0.717) is 12.8 Å². The monoisotopic (exact) mass is 363 g/mol. The van der Waals surface area contributed by atoms with Crippen LogP contribution in [0, 0.1) is 5.82 Å². The molecule has 1 N–H and O–H groups in total. The third kappa shape index (κ3) is 3.47. The average Bonchev–Trinajstić information content (AvgIpc) is 3.07. The van der Waals surface area contributed by atoms with E-state index in [-0.39, 0.29) is 17.3 Å². The third-order valence-corrected chi connectivity index (χ3v) is 6.79. The Kier molecular flexibility index (Phi) is 5.22. The summed E-state index contributed by atoms with van der Waals surface area (Å²) in [4.78, 5) is 0.220. The lowest BCUT2D eigenvalue weighted by atomic mass is 10.1. The van der Waals surface area contributed by atoms with Crippen LogP contribution >= 0.6 is 0 Å². The number of aryl methyl sites for hydroxylation is 1. The molecule has 25 heavy (non-hydrogen) atoms. The van der Waals surface area contributed by atoms with Crippen LogP contribution in [-0.4, -0.2) is 30.5 Å². The molecule has 1 aliphatic heterocycles. The quantitative estimate of drug-likeness (QED) is 0.887. The summed E-state index contributed by atoms with van der Waals surface area (Å²) in [6.45, 7) is 1.78. The molecule has 4 nitrogen and oxygen atoms in total. The van der Waals surface area contributed by atoms with Gasteiger partial charge in [-0.3, -0.25) is 0 Å². The summed E-state index contributed by atoms with van der Waals surface area (Å²) in [7, 11) is -3.75. The van der Waals surface area contributed by atoms with Crippen LogP contribution in [0.5, 0.6) is 0 Å². The van der Waals surface area contributed by atoms with Crippen molar-refractivity contribution in [1.29, 1.82) is 0 Å². The fourth-order valence-corrected chi connectivity index (χ4v) is 5.26. The zero-order chi connectivity index (χ0) is 18.0. The van der Waals surface area contributed by atoms with Crippen molar-refractivity contribution in [2.75, 3.05) is 6.61 Å². The average molecular weight is 363 g/mol. The van der Waals surface area contributed by atoms with E-state index >= 15 is 0 Å². The maximum Gasteiger partial charge on any atom is 0.243 e. The molecule has 0 saturated carbocycles. The second kappa shape index (κ2) is 7.23. The van der Waals surface area contributed by atoms with Crippen LogP contribution in [0.4, 0.5) is 4.39 Å². The van der Waals surface area contributed by atoms with Crippen LogP contribution in [0.3, 0.4) is 0 Å². The molecule has 0 bridgehead atoms. The van der Waals surface area contributed by atoms with Crippen molar-refractivity contribution < 1.29 is 17.9 Å². The zero-order valence-corrected chi connectivity index (χ0v) is 14.9. The molecule has 1 fully saturated rings. The van der Waals surface area contributed by atoms with Crippen molar-refractivity contribution in [3.63, 3.8) is 0 Å². The normalized spacial score (nSPS) is 21.6. The predicted octanol–water partition coefficient (Wildman–Crippen LogP) is 3.27. The van der Waals surface area contributed by atoms with E-state index in [1.165, 1.54) is 16.4 Å². The highest BCUT2D eigenvalue weighted by molar-refractivity contribution is 7.89.